The van der Waals surface area contributed by atoms with Gasteiger partial charge in [-0.1, -0.05) is 53.9 Å². The number of hydrogen-bond acceptors (Lipinski definition) is 3. The van der Waals surface area contributed by atoms with Crippen LogP contribution in [-0.4, -0.2) is 23.3 Å². The van der Waals surface area contributed by atoms with Crippen LogP contribution in [-0.2, 0) is 10.4 Å². The van der Waals surface area contributed by atoms with Crippen LogP contribution in [0.25, 0.3) is 0 Å². The lowest BCUT2D eigenvalue weighted by Crippen LogP contribution is -2.42. The molecule has 0 unspecified atom stereocenters. The Hall–Kier alpha value is -2.90. The molecule has 0 radical (unpaired) electrons. The van der Waals surface area contributed by atoms with Crippen LogP contribution < -0.4 is 4.90 Å². The number of fused-ring (bicyclic) bond motifs is 1. The molecule has 24 heavy (non-hydrogen) atoms. The van der Waals surface area contributed by atoms with E-state index in [1.54, 1.807) is 36.4 Å². The van der Waals surface area contributed by atoms with Gasteiger partial charge in [-0.2, -0.15) is 0 Å². The standard InChI is InChI=1S/C20H17NO3/c1-3-12-21-17-7-5-4-6-16(17)20(24,19(21)23)13-18(22)15-10-8-14(2)9-11-15/h1,4-11,24H,12-13H2,2H3/t20-/m1/s1. The van der Waals surface area contributed by atoms with Crippen LogP contribution in [0.5, 0.6) is 0 Å². The lowest BCUT2D eigenvalue weighted by atomic mass is 9.88. The highest BCUT2D eigenvalue weighted by Crippen LogP contribution is 2.42. The number of terminal acetylenes is 1. The molecule has 120 valence electrons. The average molecular weight is 319 g/mol. The number of carbonyl (C=O) groups excluding carboxylic acids is 2. The summed E-state index contributed by atoms with van der Waals surface area (Å²) < 4.78 is 0. The molecule has 4 heteroatoms. The van der Waals surface area contributed by atoms with Crippen molar-refractivity contribution in [3.05, 3.63) is 65.2 Å². The summed E-state index contributed by atoms with van der Waals surface area (Å²) in [5, 5.41) is 11.0. The molecular formula is C20H17NO3. The Bertz CT molecular complexity index is 848. The fourth-order valence-electron chi connectivity index (χ4n) is 3.00. The highest BCUT2D eigenvalue weighted by molar-refractivity contribution is 6.11. The Morgan fingerprint density at radius 2 is 1.88 bits per heavy atom. The second-order valence-electron chi connectivity index (χ2n) is 5.94. The van der Waals surface area contributed by atoms with Crippen LogP contribution in [0.1, 0.15) is 27.9 Å². The first-order valence-electron chi connectivity index (χ1n) is 7.64. The third-order valence-corrected chi connectivity index (χ3v) is 4.28. The summed E-state index contributed by atoms with van der Waals surface area (Å²) in [5.41, 5.74) is 0.600. The van der Waals surface area contributed by atoms with Crippen LogP contribution in [0.3, 0.4) is 0 Å². The summed E-state index contributed by atoms with van der Waals surface area (Å²) in [6, 6.07) is 13.9. The van der Waals surface area contributed by atoms with Crippen molar-refractivity contribution < 1.29 is 14.7 Å². The number of aryl methyl sites for hydroxylation is 1. The first-order valence-corrected chi connectivity index (χ1v) is 7.64. The van der Waals surface area contributed by atoms with E-state index in [0.29, 0.717) is 16.8 Å². The van der Waals surface area contributed by atoms with Gasteiger partial charge in [0.05, 0.1) is 18.7 Å². The number of para-hydroxylation sites is 1. The van der Waals surface area contributed by atoms with E-state index in [9.17, 15) is 14.7 Å². The van der Waals surface area contributed by atoms with E-state index in [0.717, 1.165) is 5.56 Å². The van der Waals surface area contributed by atoms with Crippen LogP contribution in [0, 0.1) is 19.3 Å². The van der Waals surface area contributed by atoms with E-state index in [1.807, 2.05) is 19.1 Å². The quantitative estimate of drug-likeness (QED) is 0.695. The van der Waals surface area contributed by atoms with E-state index in [4.69, 9.17) is 6.42 Å². The maximum atomic E-state index is 12.7. The highest BCUT2D eigenvalue weighted by Gasteiger charge is 2.50. The normalized spacial score (nSPS) is 19.0. The number of nitrogens with zero attached hydrogens (tertiary/aromatic N) is 1. The molecule has 0 saturated carbocycles. The van der Waals surface area contributed by atoms with Gasteiger partial charge in [0.1, 0.15) is 0 Å². The molecular weight excluding hydrogens is 302 g/mol. The Kier molecular flexibility index (Phi) is 3.96. The van der Waals surface area contributed by atoms with Crippen molar-refractivity contribution in [2.24, 2.45) is 0 Å². The molecule has 1 amide bonds. The fourth-order valence-corrected chi connectivity index (χ4v) is 3.00. The summed E-state index contributed by atoms with van der Waals surface area (Å²) >= 11 is 0. The topological polar surface area (TPSA) is 57.6 Å². The second kappa shape index (κ2) is 5.95. The van der Waals surface area contributed by atoms with Crippen LogP contribution in [0.4, 0.5) is 5.69 Å². The summed E-state index contributed by atoms with van der Waals surface area (Å²) in [6.45, 7) is 1.98. The van der Waals surface area contributed by atoms with Gasteiger partial charge in [0.2, 0.25) is 0 Å². The minimum absolute atomic E-state index is 0.0525. The van der Waals surface area contributed by atoms with Crippen LogP contribution in [0.2, 0.25) is 0 Å². The molecule has 1 aliphatic heterocycles. The average Bonchev–Trinajstić information content (AvgIpc) is 2.78. The van der Waals surface area contributed by atoms with Crippen molar-refractivity contribution in [3.63, 3.8) is 0 Å². The van der Waals surface area contributed by atoms with Gasteiger partial charge < -0.3 is 5.11 Å². The zero-order chi connectivity index (χ0) is 17.3. The molecule has 4 nitrogen and oxygen atoms in total. The molecule has 0 fully saturated rings. The summed E-state index contributed by atoms with van der Waals surface area (Å²) in [6.07, 6.45) is 5.02. The van der Waals surface area contributed by atoms with Gasteiger partial charge in [0.15, 0.2) is 11.4 Å². The van der Waals surface area contributed by atoms with Crippen molar-refractivity contribution in [1.29, 1.82) is 0 Å². The minimum atomic E-state index is -1.88. The fraction of sp³-hybridized carbons (Fsp3) is 0.200. The first-order chi connectivity index (χ1) is 11.5. The van der Waals surface area contributed by atoms with Gasteiger partial charge in [-0.05, 0) is 13.0 Å². The highest BCUT2D eigenvalue weighted by atomic mass is 16.3. The van der Waals surface area contributed by atoms with Crippen molar-refractivity contribution in [2.45, 2.75) is 18.9 Å². The number of hydrogen-bond donors (Lipinski definition) is 1. The molecule has 1 aliphatic rings. The van der Waals surface area contributed by atoms with Crippen LogP contribution in [0.15, 0.2) is 48.5 Å². The third-order valence-electron chi connectivity index (χ3n) is 4.28. The zero-order valence-corrected chi connectivity index (χ0v) is 13.3. The predicted octanol–water partition coefficient (Wildman–Crippen LogP) is 2.44. The molecule has 1 atom stereocenters. The van der Waals surface area contributed by atoms with Gasteiger partial charge in [-0.25, -0.2) is 0 Å². The molecule has 0 spiro atoms. The van der Waals surface area contributed by atoms with Crippen molar-refractivity contribution in [3.8, 4) is 12.3 Å². The zero-order valence-electron chi connectivity index (χ0n) is 13.3. The molecule has 1 N–H and O–H groups in total. The van der Waals surface area contributed by atoms with Gasteiger partial charge in [0, 0.05) is 11.1 Å². The first kappa shape index (κ1) is 16.0. The molecule has 0 saturated heterocycles. The lowest BCUT2D eigenvalue weighted by Gasteiger charge is -2.21. The predicted molar refractivity (Wildman–Crippen MR) is 91.7 cm³/mol. The Morgan fingerprint density at radius 1 is 1.21 bits per heavy atom. The molecule has 0 aromatic heterocycles. The van der Waals surface area contributed by atoms with Crippen molar-refractivity contribution >= 4 is 17.4 Å². The molecule has 0 bridgehead atoms. The smallest absolute Gasteiger partial charge is 0.265 e. The summed E-state index contributed by atoms with van der Waals surface area (Å²) in [7, 11) is 0. The van der Waals surface area contributed by atoms with E-state index in [1.165, 1.54) is 4.90 Å². The number of anilines is 1. The number of Topliss-reactive ketones (excluding diaryl/α,β-unsaturated/α-hetero) is 1. The maximum Gasteiger partial charge on any atom is 0.265 e. The Morgan fingerprint density at radius 3 is 2.54 bits per heavy atom. The maximum absolute atomic E-state index is 12.7. The van der Waals surface area contributed by atoms with E-state index in [2.05, 4.69) is 5.92 Å². The van der Waals surface area contributed by atoms with Crippen molar-refractivity contribution in [1.82, 2.24) is 0 Å². The Labute approximate surface area is 140 Å². The van der Waals surface area contributed by atoms with Crippen molar-refractivity contribution in [2.75, 3.05) is 11.4 Å². The van der Waals surface area contributed by atoms with E-state index in [-0.39, 0.29) is 18.7 Å². The lowest BCUT2D eigenvalue weighted by molar-refractivity contribution is -0.135. The number of amides is 1. The van der Waals surface area contributed by atoms with Gasteiger partial charge in [0.25, 0.3) is 5.91 Å². The largest absolute Gasteiger partial charge is 0.375 e. The van der Waals surface area contributed by atoms with E-state index < -0.39 is 11.5 Å². The SMILES string of the molecule is C#CCN1C(=O)[C@@](O)(CC(=O)c2ccc(C)cc2)c2ccccc21. The van der Waals surface area contributed by atoms with Gasteiger partial charge >= 0.3 is 0 Å². The number of benzene rings is 2. The van der Waals surface area contributed by atoms with E-state index >= 15 is 0 Å². The molecule has 1 heterocycles. The number of carbonyl (C=O) groups is 2. The molecule has 3 rings (SSSR count). The monoisotopic (exact) mass is 319 g/mol. The molecule has 0 aliphatic carbocycles. The second-order valence-corrected chi connectivity index (χ2v) is 5.94. The van der Waals surface area contributed by atoms with Gasteiger partial charge in [-0.3, -0.25) is 14.5 Å². The van der Waals surface area contributed by atoms with Crippen LogP contribution >= 0.6 is 0 Å². The summed E-state index contributed by atoms with van der Waals surface area (Å²) in [5.74, 6) is 1.58. The Balaban J connectivity index is 1.97. The van der Waals surface area contributed by atoms with Gasteiger partial charge in [-0.15, -0.1) is 6.42 Å². The molecule has 2 aromatic carbocycles. The number of rotatable bonds is 4. The number of aliphatic hydroxyl groups is 1. The minimum Gasteiger partial charge on any atom is -0.375 e. The summed E-state index contributed by atoms with van der Waals surface area (Å²) in [4.78, 5) is 26.6. The number of ketones is 1. The molecule has 2 aromatic rings. The third kappa shape index (κ3) is 2.49.